The average Bonchev–Trinajstić information content (AvgIpc) is 2.58. The number of aryl methyl sites for hydroxylation is 1. The lowest BCUT2D eigenvalue weighted by Gasteiger charge is -2.31. The van der Waals surface area contributed by atoms with E-state index in [4.69, 9.17) is 11.6 Å². The Morgan fingerprint density at radius 2 is 2.06 bits per heavy atom. The van der Waals surface area contributed by atoms with E-state index in [1.807, 2.05) is 13.8 Å². The fourth-order valence-corrected chi connectivity index (χ4v) is 2.71. The summed E-state index contributed by atoms with van der Waals surface area (Å²) < 4.78 is 0. The second kappa shape index (κ2) is 5.85. The highest BCUT2D eigenvalue weighted by molar-refractivity contribution is 6.30. The molecular weight excluding hydrogens is 250 g/mol. The van der Waals surface area contributed by atoms with Gasteiger partial charge in [0.15, 0.2) is 0 Å². The van der Waals surface area contributed by atoms with E-state index in [0.717, 1.165) is 30.8 Å². The molecule has 5 heteroatoms. The van der Waals surface area contributed by atoms with Crippen LogP contribution in [0, 0.1) is 13.8 Å². The summed E-state index contributed by atoms with van der Waals surface area (Å²) in [4.78, 5) is 10.9. The first-order valence-electron chi connectivity index (χ1n) is 6.51. The van der Waals surface area contributed by atoms with Crippen LogP contribution >= 0.6 is 11.6 Å². The highest BCUT2D eigenvalue weighted by Crippen LogP contribution is 2.28. The van der Waals surface area contributed by atoms with Gasteiger partial charge in [0.2, 0.25) is 0 Å². The SMILES string of the molecule is Cc1nc(Cl)c(C)c(N2CCCCCC2CO)n1. The maximum atomic E-state index is 9.56. The van der Waals surface area contributed by atoms with Gasteiger partial charge in [-0.05, 0) is 26.7 Å². The Bertz CT molecular complexity index is 425. The van der Waals surface area contributed by atoms with Crippen LogP contribution in [0.2, 0.25) is 5.15 Å². The first-order chi connectivity index (χ1) is 8.63. The Morgan fingerprint density at radius 3 is 2.78 bits per heavy atom. The molecule has 1 saturated heterocycles. The summed E-state index contributed by atoms with van der Waals surface area (Å²) in [7, 11) is 0. The van der Waals surface area contributed by atoms with Gasteiger partial charge in [0.25, 0.3) is 0 Å². The highest BCUT2D eigenvalue weighted by Gasteiger charge is 2.24. The van der Waals surface area contributed by atoms with Crippen molar-refractivity contribution in [1.29, 1.82) is 0 Å². The van der Waals surface area contributed by atoms with Gasteiger partial charge in [-0.25, -0.2) is 9.97 Å². The van der Waals surface area contributed by atoms with Gasteiger partial charge >= 0.3 is 0 Å². The number of hydrogen-bond acceptors (Lipinski definition) is 4. The molecule has 2 heterocycles. The van der Waals surface area contributed by atoms with E-state index >= 15 is 0 Å². The first kappa shape index (κ1) is 13.6. The van der Waals surface area contributed by atoms with E-state index in [9.17, 15) is 5.11 Å². The zero-order valence-corrected chi connectivity index (χ0v) is 11.7. The molecule has 100 valence electrons. The van der Waals surface area contributed by atoms with Crippen LogP contribution in [0.25, 0.3) is 0 Å². The molecule has 1 N–H and O–H groups in total. The van der Waals surface area contributed by atoms with Crippen LogP contribution in [-0.2, 0) is 0 Å². The van der Waals surface area contributed by atoms with Gasteiger partial charge in [0.05, 0.1) is 12.6 Å². The number of nitrogens with zero attached hydrogens (tertiary/aromatic N) is 3. The maximum absolute atomic E-state index is 9.56. The number of rotatable bonds is 2. The molecule has 1 fully saturated rings. The maximum Gasteiger partial charge on any atom is 0.137 e. The molecule has 0 radical (unpaired) electrons. The van der Waals surface area contributed by atoms with Gasteiger partial charge in [0, 0.05) is 12.1 Å². The highest BCUT2D eigenvalue weighted by atomic mass is 35.5. The largest absolute Gasteiger partial charge is 0.394 e. The van der Waals surface area contributed by atoms with Crippen molar-refractivity contribution in [3.8, 4) is 0 Å². The Labute approximate surface area is 113 Å². The third-order valence-corrected chi connectivity index (χ3v) is 3.90. The fourth-order valence-electron chi connectivity index (χ4n) is 2.51. The molecule has 0 bridgehead atoms. The molecule has 1 aliphatic rings. The Kier molecular flexibility index (Phi) is 4.40. The van der Waals surface area contributed by atoms with Gasteiger partial charge in [-0.2, -0.15) is 0 Å². The summed E-state index contributed by atoms with van der Waals surface area (Å²) in [6.45, 7) is 4.88. The normalized spacial score (nSPS) is 20.9. The van der Waals surface area contributed by atoms with E-state index in [1.165, 1.54) is 12.8 Å². The van der Waals surface area contributed by atoms with E-state index in [2.05, 4.69) is 14.9 Å². The van der Waals surface area contributed by atoms with Crippen molar-refractivity contribution in [3.05, 3.63) is 16.5 Å². The molecule has 0 saturated carbocycles. The molecule has 2 rings (SSSR count). The minimum atomic E-state index is 0.150. The van der Waals surface area contributed by atoms with Crippen LogP contribution < -0.4 is 4.90 Å². The van der Waals surface area contributed by atoms with Gasteiger partial charge in [-0.3, -0.25) is 0 Å². The van der Waals surface area contributed by atoms with E-state index in [-0.39, 0.29) is 12.6 Å². The molecule has 18 heavy (non-hydrogen) atoms. The molecule has 1 aromatic heterocycles. The first-order valence-corrected chi connectivity index (χ1v) is 6.89. The predicted molar refractivity (Wildman–Crippen MR) is 73.2 cm³/mol. The van der Waals surface area contributed by atoms with Gasteiger partial charge in [-0.1, -0.05) is 24.4 Å². The summed E-state index contributed by atoms with van der Waals surface area (Å²) in [5.74, 6) is 1.56. The summed E-state index contributed by atoms with van der Waals surface area (Å²) in [6, 6.07) is 0.150. The monoisotopic (exact) mass is 269 g/mol. The molecule has 1 aromatic rings. The number of aliphatic hydroxyl groups excluding tert-OH is 1. The molecule has 0 aromatic carbocycles. The van der Waals surface area contributed by atoms with Crippen molar-refractivity contribution in [2.24, 2.45) is 0 Å². The lowest BCUT2D eigenvalue weighted by atomic mass is 10.1. The smallest absolute Gasteiger partial charge is 0.137 e. The summed E-state index contributed by atoms with van der Waals surface area (Å²) in [5, 5.41) is 10.1. The van der Waals surface area contributed by atoms with Crippen LogP contribution in [-0.4, -0.2) is 34.3 Å². The molecule has 0 spiro atoms. The van der Waals surface area contributed by atoms with Crippen molar-refractivity contribution >= 4 is 17.4 Å². The molecule has 1 unspecified atom stereocenters. The van der Waals surface area contributed by atoms with Crippen molar-refractivity contribution < 1.29 is 5.11 Å². The van der Waals surface area contributed by atoms with Gasteiger partial charge in [-0.15, -0.1) is 0 Å². The molecule has 1 atom stereocenters. The van der Waals surface area contributed by atoms with Crippen molar-refractivity contribution in [1.82, 2.24) is 9.97 Å². The Morgan fingerprint density at radius 1 is 1.28 bits per heavy atom. The van der Waals surface area contributed by atoms with Gasteiger partial charge in [0.1, 0.15) is 16.8 Å². The van der Waals surface area contributed by atoms with Crippen LogP contribution in [0.3, 0.4) is 0 Å². The zero-order chi connectivity index (χ0) is 13.1. The Balaban J connectivity index is 2.38. The molecule has 0 aliphatic carbocycles. The van der Waals surface area contributed by atoms with E-state index in [0.29, 0.717) is 11.0 Å². The number of halogens is 1. The number of hydrogen-bond donors (Lipinski definition) is 1. The van der Waals surface area contributed by atoms with Crippen molar-refractivity contribution in [2.75, 3.05) is 18.1 Å². The predicted octanol–water partition coefficient (Wildman–Crippen LogP) is 2.49. The lowest BCUT2D eigenvalue weighted by Crippen LogP contribution is -2.38. The van der Waals surface area contributed by atoms with Crippen LogP contribution in [0.5, 0.6) is 0 Å². The van der Waals surface area contributed by atoms with Crippen LogP contribution in [0.4, 0.5) is 5.82 Å². The Hall–Kier alpha value is -0.870. The minimum absolute atomic E-state index is 0.150. The second-order valence-corrected chi connectivity index (χ2v) is 5.25. The number of aliphatic hydroxyl groups is 1. The average molecular weight is 270 g/mol. The quantitative estimate of drug-likeness (QED) is 0.838. The van der Waals surface area contributed by atoms with Crippen molar-refractivity contribution in [3.63, 3.8) is 0 Å². The third-order valence-electron chi connectivity index (χ3n) is 3.53. The fraction of sp³-hybridized carbons (Fsp3) is 0.692. The van der Waals surface area contributed by atoms with Crippen LogP contribution in [0.15, 0.2) is 0 Å². The van der Waals surface area contributed by atoms with Gasteiger partial charge < -0.3 is 10.0 Å². The lowest BCUT2D eigenvalue weighted by molar-refractivity contribution is 0.254. The third kappa shape index (κ3) is 2.75. The molecule has 4 nitrogen and oxygen atoms in total. The standard InChI is InChI=1S/C13H20ClN3O/c1-9-12(14)15-10(2)16-13(9)17-7-5-3-4-6-11(17)8-18/h11,18H,3-8H2,1-2H3. The summed E-state index contributed by atoms with van der Waals surface area (Å²) in [6.07, 6.45) is 4.52. The molecule has 0 amide bonds. The van der Waals surface area contributed by atoms with Crippen LogP contribution in [0.1, 0.15) is 37.1 Å². The number of aromatic nitrogens is 2. The number of anilines is 1. The minimum Gasteiger partial charge on any atom is -0.394 e. The summed E-state index contributed by atoms with van der Waals surface area (Å²) in [5.41, 5.74) is 0.905. The second-order valence-electron chi connectivity index (χ2n) is 4.89. The zero-order valence-electron chi connectivity index (χ0n) is 11.0. The molecular formula is C13H20ClN3O. The van der Waals surface area contributed by atoms with E-state index < -0.39 is 0 Å². The van der Waals surface area contributed by atoms with E-state index in [1.54, 1.807) is 0 Å². The molecule has 1 aliphatic heterocycles. The summed E-state index contributed by atoms with van der Waals surface area (Å²) >= 11 is 6.13. The topological polar surface area (TPSA) is 49.2 Å². The van der Waals surface area contributed by atoms with Crippen molar-refractivity contribution in [2.45, 2.75) is 45.6 Å².